The Bertz CT molecular complexity index is 159. The summed E-state index contributed by atoms with van der Waals surface area (Å²) >= 11 is 0. The van der Waals surface area contributed by atoms with Gasteiger partial charge in [0.2, 0.25) is 0 Å². The minimum atomic E-state index is 0.0900. The first-order valence-corrected chi connectivity index (χ1v) is 3.78. The molecule has 1 heterocycles. The van der Waals surface area contributed by atoms with Gasteiger partial charge >= 0.3 is 6.03 Å². The fourth-order valence-corrected chi connectivity index (χ4v) is 1.72. The van der Waals surface area contributed by atoms with Crippen LogP contribution in [-0.2, 0) is 0 Å². The number of carbonyl (C=O) groups excluding carboxylic acids is 1. The maximum atomic E-state index is 11.0. The molecular weight excluding hydrogens is 128 g/mol. The van der Waals surface area contributed by atoms with Crippen molar-refractivity contribution >= 4 is 6.03 Å². The minimum absolute atomic E-state index is 0.0900. The average Bonchev–Trinajstić information content (AvgIpc) is 2.57. The molecule has 10 heavy (non-hydrogen) atoms. The van der Waals surface area contributed by atoms with Crippen molar-refractivity contribution in [3.8, 4) is 0 Å². The summed E-state index contributed by atoms with van der Waals surface area (Å²) < 4.78 is 0. The van der Waals surface area contributed by atoms with Gasteiger partial charge in [-0.25, -0.2) is 4.79 Å². The van der Waals surface area contributed by atoms with E-state index in [1.54, 1.807) is 7.05 Å². The van der Waals surface area contributed by atoms with Crippen LogP contribution in [0.4, 0.5) is 4.79 Å². The van der Waals surface area contributed by atoms with Crippen LogP contribution in [0.5, 0.6) is 0 Å². The molecule has 56 valence electrons. The lowest BCUT2D eigenvalue weighted by molar-refractivity contribution is 0.206. The second-order valence-electron chi connectivity index (χ2n) is 3.22. The molecule has 1 N–H and O–H groups in total. The first-order chi connectivity index (χ1) is 4.81. The number of likely N-dealkylation sites (tertiary alicyclic amines) is 1. The van der Waals surface area contributed by atoms with E-state index in [2.05, 4.69) is 5.32 Å². The van der Waals surface area contributed by atoms with Crippen LogP contribution in [-0.4, -0.2) is 31.1 Å². The van der Waals surface area contributed by atoms with Crippen molar-refractivity contribution in [2.45, 2.75) is 6.42 Å². The highest BCUT2D eigenvalue weighted by atomic mass is 16.2. The van der Waals surface area contributed by atoms with Crippen LogP contribution in [0.2, 0.25) is 0 Å². The molecule has 1 saturated heterocycles. The second-order valence-corrected chi connectivity index (χ2v) is 3.22. The van der Waals surface area contributed by atoms with Crippen molar-refractivity contribution in [3.63, 3.8) is 0 Å². The Balaban J connectivity index is 1.90. The Kier molecular flexibility index (Phi) is 1.13. The lowest BCUT2D eigenvalue weighted by atomic mass is 10.4. The molecule has 0 radical (unpaired) electrons. The third kappa shape index (κ3) is 0.770. The zero-order valence-electron chi connectivity index (χ0n) is 6.13. The summed E-state index contributed by atoms with van der Waals surface area (Å²) in [6.45, 7) is 1.98. The SMILES string of the molecule is CNC(=O)N1C[C@H]2C[C@H]2C1. The third-order valence-electron chi connectivity index (χ3n) is 2.48. The maximum absolute atomic E-state index is 11.0. The monoisotopic (exact) mass is 140 g/mol. The van der Waals surface area contributed by atoms with Gasteiger partial charge in [0, 0.05) is 20.1 Å². The van der Waals surface area contributed by atoms with Gasteiger partial charge in [0.15, 0.2) is 0 Å². The fourth-order valence-electron chi connectivity index (χ4n) is 1.72. The molecule has 2 atom stereocenters. The number of nitrogens with zero attached hydrogens (tertiary/aromatic N) is 1. The largest absolute Gasteiger partial charge is 0.341 e. The van der Waals surface area contributed by atoms with E-state index in [9.17, 15) is 4.79 Å². The quantitative estimate of drug-likeness (QED) is 0.515. The highest BCUT2D eigenvalue weighted by molar-refractivity contribution is 5.74. The predicted octanol–water partition coefficient (Wildman–Crippen LogP) is 0.278. The highest BCUT2D eigenvalue weighted by Gasteiger charge is 2.46. The standard InChI is InChI=1S/C7H12N2O/c1-8-7(10)9-3-5-2-6(5)4-9/h5-6H,2-4H2,1H3,(H,8,10)/t5-,6+. The van der Waals surface area contributed by atoms with Crippen LogP contribution in [0, 0.1) is 11.8 Å². The lowest BCUT2D eigenvalue weighted by Crippen LogP contribution is -2.37. The van der Waals surface area contributed by atoms with Gasteiger partial charge < -0.3 is 10.2 Å². The molecule has 0 spiro atoms. The van der Waals surface area contributed by atoms with Gasteiger partial charge in [-0.05, 0) is 18.3 Å². The maximum Gasteiger partial charge on any atom is 0.317 e. The predicted molar refractivity (Wildman–Crippen MR) is 37.6 cm³/mol. The molecule has 2 aliphatic rings. The van der Waals surface area contributed by atoms with E-state index in [1.165, 1.54) is 6.42 Å². The number of hydrogen-bond donors (Lipinski definition) is 1. The number of carbonyl (C=O) groups is 1. The van der Waals surface area contributed by atoms with Crippen molar-refractivity contribution in [3.05, 3.63) is 0 Å². The number of fused-ring (bicyclic) bond motifs is 1. The van der Waals surface area contributed by atoms with Crippen molar-refractivity contribution in [1.29, 1.82) is 0 Å². The van der Waals surface area contributed by atoms with E-state index in [1.807, 2.05) is 4.90 Å². The molecule has 0 aromatic carbocycles. The molecule has 0 aromatic rings. The molecule has 0 unspecified atom stereocenters. The van der Waals surface area contributed by atoms with Gasteiger partial charge in [-0.15, -0.1) is 0 Å². The van der Waals surface area contributed by atoms with Gasteiger partial charge in [0.1, 0.15) is 0 Å². The van der Waals surface area contributed by atoms with E-state index in [0.717, 1.165) is 24.9 Å². The first kappa shape index (κ1) is 6.01. The van der Waals surface area contributed by atoms with Gasteiger partial charge in [-0.2, -0.15) is 0 Å². The fraction of sp³-hybridized carbons (Fsp3) is 0.857. The summed E-state index contributed by atoms with van der Waals surface area (Å²) in [6, 6.07) is 0.0900. The van der Waals surface area contributed by atoms with Crippen LogP contribution in [0.25, 0.3) is 0 Å². The number of piperidine rings is 1. The van der Waals surface area contributed by atoms with Crippen LogP contribution in [0.1, 0.15) is 6.42 Å². The van der Waals surface area contributed by atoms with E-state index >= 15 is 0 Å². The summed E-state index contributed by atoms with van der Waals surface area (Å²) in [5.74, 6) is 1.69. The molecule has 0 bridgehead atoms. The Labute approximate surface area is 60.4 Å². The lowest BCUT2D eigenvalue weighted by Gasteiger charge is -2.16. The summed E-state index contributed by atoms with van der Waals surface area (Å²) in [5.41, 5.74) is 0. The molecular formula is C7H12N2O. The zero-order valence-corrected chi connectivity index (χ0v) is 6.13. The molecule has 1 saturated carbocycles. The van der Waals surface area contributed by atoms with E-state index in [0.29, 0.717) is 0 Å². The van der Waals surface area contributed by atoms with Crippen molar-refractivity contribution < 1.29 is 4.79 Å². The van der Waals surface area contributed by atoms with Crippen LogP contribution >= 0.6 is 0 Å². The molecule has 2 rings (SSSR count). The summed E-state index contributed by atoms with van der Waals surface area (Å²) in [6.07, 6.45) is 1.35. The topological polar surface area (TPSA) is 32.3 Å². The zero-order chi connectivity index (χ0) is 7.14. The Morgan fingerprint density at radius 2 is 2.10 bits per heavy atom. The van der Waals surface area contributed by atoms with E-state index in [-0.39, 0.29) is 6.03 Å². The van der Waals surface area contributed by atoms with Gasteiger partial charge in [-0.3, -0.25) is 0 Å². The highest BCUT2D eigenvalue weighted by Crippen LogP contribution is 2.44. The van der Waals surface area contributed by atoms with E-state index in [4.69, 9.17) is 0 Å². The van der Waals surface area contributed by atoms with Gasteiger partial charge in [-0.1, -0.05) is 0 Å². The van der Waals surface area contributed by atoms with Crippen LogP contribution < -0.4 is 5.32 Å². The third-order valence-corrected chi connectivity index (χ3v) is 2.48. The Morgan fingerprint density at radius 1 is 1.50 bits per heavy atom. The van der Waals surface area contributed by atoms with Gasteiger partial charge in [0.25, 0.3) is 0 Å². The molecule has 1 aliphatic heterocycles. The first-order valence-electron chi connectivity index (χ1n) is 3.78. The summed E-state index contributed by atoms with van der Waals surface area (Å²) in [5, 5.41) is 2.64. The molecule has 2 fully saturated rings. The Morgan fingerprint density at radius 3 is 2.60 bits per heavy atom. The van der Waals surface area contributed by atoms with Crippen LogP contribution in [0.3, 0.4) is 0 Å². The van der Waals surface area contributed by atoms with Gasteiger partial charge in [0.05, 0.1) is 0 Å². The van der Waals surface area contributed by atoms with E-state index < -0.39 is 0 Å². The molecule has 0 aromatic heterocycles. The minimum Gasteiger partial charge on any atom is -0.341 e. The molecule has 2 amide bonds. The smallest absolute Gasteiger partial charge is 0.317 e. The number of nitrogens with one attached hydrogen (secondary N) is 1. The number of amides is 2. The van der Waals surface area contributed by atoms with Crippen molar-refractivity contribution in [2.75, 3.05) is 20.1 Å². The summed E-state index contributed by atoms with van der Waals surface area (Å²) in [4.78, 5) is 12.9. The summed E-state index contributed by atoms with van der Waals surface area (Å²) in [7, 11) is 1.69. The number of urea groups is 1. The number of hydrogen-bond acceptors (Lipinski definition) is 1. The Hall–Kier alpha value is -0.730. The molecule has 3 heteroatoms. The normalized spacial score (nSPS) is 35.5. The van der Waals surface area contributed by atoms with Crippen molar-refractivity contribution in [1.82, 2.24) is 10.2 Å². The second kappa shape index (κ2) is 1.87. The van der Waals surface area contributed by atoms with Crippen molar-refractivity contribution in [2.24, 2.45) is 11.8 Å². The van der Waals surface area contributed by atoms with Crippen LogP contribution in [0.15, 0.2) is 0 Å². The average molecular weight is 140 g/mol. The molecule has 3 nitrogen and oxygen atoms in total. The number of rotatable bonds is 0. The molecule has 1 aliphatic carbocycles.